The molecule has 0 aliphatic rings. The molecule has 6 aromatic carbocycles. The van der Waals surface area contributed by atoms with Crippen molar-refractivity contribution in [3.8, 4) is 22.3 Å². The van der Waals surface area contributed by atoms with Crippen LogP contribution in [0.15, 0.2) is 121 Å². The van der Waals surface area contributed by atoms with Gasteiger partial charge in [-0.15, -0.1) is 69.1 Å². The van der Waals surface area contributed by atoms with E-state index in [2.05, 4.69) is 156 Å². The molecule has 0 nitrogen and oxygen atoms in total. The van der Waals surface area contributed by atoms with E-state index in [9.17, 15) is 0 Å². The molecule has 0 saturated carbocycles. The zero-order chi connectivity index (χ0) is 27.1. The van der Waals surface area contributed by atoms with Gasteiger partial charge in [0.2, 0.25) is 0 Å². The number of rotatable bonds is 3. The molecule has 0 N–H and O–H groups in total. The van der Waals surface area contributed by atoms with Crippen LogP contribution in [0.1, 0.15) is 25.0 Å². The molecule has 0 bridgehead atoms. The van der Waals surface area contributed by atoms with Crippen molar-refractivity contribution in [3.63, 3.8) is 0 Å². The van der Waals surface area contributed by atoms with Crippen molar-refractivity contribution < 1.29 is 23.0 Å². The first-order valence-electron chi connectivity index (χ1n) is 13.3. The third-order valence-corrected chi connectivity index (χ3v) is 14.8. The van der Waals surface area contributed by atoms with E-state index in [0.717, 1.165) is 5.54 Å². The molecule has 2 heteroatoms. The fourth-order valence-corrected chi connectivity index (χ4v) is 4.51. The van der Waals surface area contributed by atoms with Gasteiger partial charge in [0.05, 0.1) is 0 Å². The quantitative estimate of drug-likeness (QED) is 0.129. The van der Waals surface area contributed by atoms with Crippen LogP contribution >= 0.6 is 0 Å². The Balaban J connectivity index is 0.000000147. The maximum absolute atomic E-state index is 2.40. The van der Waals surface area contributed by atoms with Crippen molar-refractivity contribution in [2.24, 2.45) is 0 Å². The summed E-state index contributed by atoms with van der Waals surface area (Å²) in [7, 11) is 0. The molecule has 188 valence electrons. The molecule has 0 fully saturated rings. The predicted molar refractivity (Wildman–Crippen MR) is 166 cm³/mol. The first-order valence-corrected chi connectivity index (χ1v) is 20.8. The smallest absolute Gasteiger partial charge is 0.0279 e. The van der Waals surface area contributed by atoms with Crippen LogP contribution in [0.5, 0.6) is 0 Å². The van der Waals surface area contributed by atoms with E-state index in [0.29, 0.717) is 0 Å². The molecule has 6 aromatic rings. The molecule has 0 radical (unpaired) electrons. The fourth-order valence-electron chi connectivity index (χ4n) is 4.51. The molecular formula is C36H36HfSi. The van der Waals surface area contributed by atoms with Crippen molar-refractivity contribution in [1.29, 1.82) is 0 Å². The Morgan fingerprint density at radius 1 is 0.579 bits per heavy atom. The molecule has 0 aliphatic heterocycles. The average molecular weight is 675 g/mol. The Kier molecular flexibility index (Phi) is 9.88. The van der Waals surface area contributed by atoms with Gasteiger partial charge in [0, 0.05) is 0 Å². The maximum atomic E-state index is 2.40. The first kappa shape index (κ1) is 28.2. The minimum Gasteiger partial charge on any atom is -0.165 e. The zero-order valence-corrected chi connectivity index (χ0v) is 27.7. The predicted octanol–water partition coefficient (Wildman–Crippen LogP) is 10.6. The van der Waals surface area contributed by atoms with Crippen molar-refractivity contribution in [2.75, 3.05) is 0 Å². The van der Waals surface area contributed by atoms with Crippen LogP contribution in [-0.4, -0.2) is 5.49 Å². The van der Waals surface area contributed by atoms with Gasteiger partial charge in [0.1, 0.15) is 0 Å². The Hall–Kier alpha value is -2.81. The number of benzene rings is 4. The SMILES string of the molecule is CC(C)[Si](C)=[Hf+2].Cc1cc2c(-c3ccccc3)cccc2[cH-]1.Cc1cc2c(-c3ccccc3)cccc2[cH-]1. The molecule has 0 heterocycles. The average Bonchev–Trinajstić information content (AvgIpc) is 3.50. The van der Waals surface area contributed by atoms with E-state index in [1.54, 1.807) is 0 Å². The van der Waals surface area contributed by atoms with Crippen LogP contribution in [0, 0.1) is 13.8 Å². The molecule has 0 amide bonds. The van der Waals surface area contributed by atoms with E-state index in [4.69, 9.17) is 0 Å². The summed E-state index contributed by atoms with van der Waals surface area (Å²) in [4.78, 5) is 0. The minimum atomic E-state index is 0.187. The summed E-state index contributed by atoms with van der Waals surface area (Å²) in [5, 5.41) is 5.37. The van der Waals surface area contributed by atoms with E-state index < -0.39 is 0 Å². The second-order valence-electron chi connectivity index (χ2n) is 10.3. The van der Waals surface area contributed by atoms with Crippen LogP contribution in [0.4, 0.5) is 0 Å². The van der Waals surface area contributed by atoms with E-state index >= 15 is 0 Å². The Morgan fingerprint density at radius 2 is 0.947 bits per heavy atom. The van der Waals surface area contributed by atoms with E-state index in [1.165, 1.54) is 77.9 Å². The molecule has 6 rings (SSSR count). The maximum Gasteiger partial charge on any atom is -0.0279 e. The standard InChI is InChI=1S/2C16H13.C4H10Si.Hf/c2*1-12-10-14-8-5-9-15(16(14)11-12)13-6-3-2-4-7-13;1-4(2)5-3;/h2*2-11H,1H3;4H,1-3H3;/q2*-1;;+2. The van der Waals surface area contributed by atoms with Crippen LogP contribution in [0.2, 0.25) is 12.1 Å². The summed E-state index contributed by atoms with van der Waals surface area (Å²) in [5.41, 5.74) is 9.10. The van der Waals surface area contributed by atoms with Gasteiger partial charge in [-0.2, -0.15) is 12.1 Å². The fraction of sp³-hybridized carbons (Fsp3) is 0.167. The Morgan fingerprint density at radius 3 is 1.29 bits per heavy atom. The topological polar surface area (TPSA) is 0 Å². The molecular weight excluding hydrogens is 639 g/mol. The van der Waals surface area contributed by atoms with Gasteiger partial charge < -0.3 is 0 Å². The van der Waals surface area contributed by atoms with Crippen molar-refractivity contribution in [3.05, 3.63) is 132 Å². The third kappa shape index (κ3) is 7.18. The van der Waals surface area contributed by atoms with E-state index in [-0.39, 0.29) is 5.49 Å². The first-order chi connectivity index (χ1) is 18.3. The Bertz CT molecular complexity index is 1500. The summed E-state index contributed by atoms with van der Waals surface area (Å²) in [6.45, 7) is 11.3. The second-order valence-corrected chi connectivity index (χ2v) is 21.3. The molecule has 0 aromatic heterocycles. The summed E-state index contributed by atoms with van der Waals surface area (Å²) in [6, 6.07) is 43.1. The van der Waals surface area contributed by atoms with Gasteiger partial charge in [-0.25, -0.2) is 0 Å². The van der Waals surface area contributed by atoms with Gasteiger partial charge in [-0.1, -0.05) is 97.8 Å². The normalized spacial score (nSPS) is 10.6. The van der Waals surface area contributed by atoms with E-state index in [1.807, 2.05) is 0 Å². The number of aryl methyl sites for hydroxylation is 2. The summed E-state index contributed by atoms with van der Waals surface area (Å²) in [6.07, 6.45) is 0. The monoisotopic (exact) mass is 676 g/mol. The summed E-state index contributed by atoms with van der Waals surface area (Å²) < 4.78 is 0. The third-order valence-electron chi connectivity index (χ3n) is 6.83. The van der Waals surface area contributed by atoms with Crippen molar-refractivity contribution >= 4 is 27.0 Å². The van der Waals surface area contributed by atoms with Gasteiger partial charge in [-0.3, -0.25) is 0 Å². The van der Waals surface area contributed by atoms with Crippen molar-refractivity contribution in [1.82, 2.24) is 0 Å². The van der Waals surface area contributed by atoms with Crippen LogP contribution in [-0.2, 0) is 23.0 Å². The summed E-state index contributed by atoms with van der Waals surface area (Å²) in [5.74, 6) is 0. The number of hydrogen-bond donors (Lipinski definition) is 0. The summed E-state index contributed by atoms with van der Waals surface area (Å²) >= 11 is 1.46. The molecule has 0 saturated heterocycles. The number of fused-ring (bicyclic) bond motifs is 2. The van der Waals surface area contributed by atoms with Gasteiger partial charge in [-0.05, 0) is 11.1 Å². The van der Waals surface area contributed by atoms with Crippen LogP contribution in [0.3, 0.4) is 0 Å². The van der Waals surface area contributed by atoms with Crippen molar-refractivity contribution in [2.45, 2.75) is 39.8 Å². The zero-order valence-electron chi connectivity index (χ0n) is 23.1. The van der Waals surface area contributed by atoms with Gasteiger partial charge in [0.15, 0.2) is 0 Å². The molecule has 0 unspecified atom stereocenters. The Labute approximate surface area is 243 Å². The van der Waals surface area contributed by atoms with Gasteiger partial charge in [0.25, 0.3) is 0 Å². The molecule has 0 spiro atoms. The molecule has 0 aliphatic carbocycles. The molecule has 38 heavy (non-hydrogen) atoms. The number of hydrogen-bond acceptors (Lipinski definition) is 0. The largest absolute Gasteiger partial charge is 0.165 e. The minimum absolute atomic E-state index is 0.187. The van der Waals surface area contributed by atoms with Crippen LogP contribution < -0.4 is 0 Å². The van der Waals surface area contributed by atoms with Crippen LogP contribution in [0.25, 0.3) is 43.8 Å². The second kappa shape index (κ2) is 13.3. The molecule has 0 atom stereocenters. The van der Waals surface area contributed by atoms with Gasteiger partial charge >= 0.3 is 54.4 Å².